The molecule has 132 valence electrons. The number of nitrogens with zero attached hydrogens (tertiary/aromatic N) is 2. The van der Waals surface area contributed by atoms with E-state index in [1.165, 1.54) is 34.9 Å². The number of hydrogen-bond donors (Lipinski definition) is 2. The SMILES string of the molecule is C=C(Nc1cc2ccc(C3=CC=C(/C=N\NC)CC3)cc2cn1)C1CC1. The van der Waals surface area contributed by atoms with Crippen LogP contribution >= 0.6 is 0 Å². The van der Waals surface area contributed by atoms with Gasteiger partial charge in [0.05, 0.1) is 0 Å². The van der Waals surface area contributed by atoms with Gasteiger partial charge in [0.25, 0.3) is 0 Å². The number of aromatic nitrogens is 1. The monoisotopic (exact) mass is 344 g/mol. The fourth-order valence-corrected chi connectivity index (χ4v) is 3.26. The third-order valence-corrected chi connectivity index (χ3v) is 4.99. The van der Waals surface area contributed by atoms with Crippen LogP contribution in [-0.4, -0.2) is 18.2 Å². The van der Waals surface area contributed by atoms with Crippen molar-refractivity contribution >= 4 is 28.4 Å². The average Bonchev–Trinajstić information content (AvgIpc) is 3.52. The van der Waals surface area contributed by atoms with Crippen molar-refractivity contribution in [1.82, 2.24) is 10.4 Å². The third-order valence-electron chi connectivity index (χ3n) is 4.99. The summed E-state index contributed by atoms with van der Waals surface area (Å²) in [7, 11) is 1.81. The van der Waals surface area contributed by atoms with Gasteiger partial charge in [0.2, 0.25) is 0 Å². The number of rotatable bonds is 6. The van der Waals surface area contributed by atoms with Gasteiger partial charge in [0, 0.05) is 30.5 Å². The highest BCUT2D eigenvalue weighted by Crippen LogP contribution is 2.36. The van der Waals surface area contributed by atoms with Gasteiger partial charge in [-0.3, -0.25) is 0 Å². The molecule has 0 unspecified atom stereocenters. The summed E-state index contributed by atoms with van der Waals surface area (Å²) in [6, 6.07) is 8.72. The van der Waals surface area contributed by atoms with E-state index >= 15 is 0 Å². The molecule has 2 N–H and O–H groups in total. The van der Waals surface area contributed by atoms with Gasteiger partial charge < -0.3 is 10.7 Å². The first-order valence-corrected chi connectivity index (χ1v) is 9.18. The second-order valence-corrected chi connectivity index (χ2v) is 6.97. The zero-order valence-corrected chi connectivity index (χ0v) is 15.1. The average molecular weight is 344 g/mol. The van der Waals surface area contributed by atoms with Crippen molar-refractivity contribution in [2.45, 2.75) is 25.7 Å². The Morgan fingerprint density at radius 1 is 1.19 bits per heavy atom. The van der Waals surface area contributed by atoms with Crippen LogP contribution in [0.25, 0.3) is 16.3 Å². The number of hydrogen-bond acceptors (Lipinski definition) is 4. The lowest BCUT2D eigenvalue weighted by atomic mass is 9.92. The molecule has 0 saturated heterocycles. The molecule has 2 aliphatic carbocycles. The van der Waals surface area contributed by atoms with Gasteiger partial charge in [-0.25, -0.2) is 4.98 Å². The van der Waals surface area contributed by atoms with E-state index in [1.807, 2.05) is 19.5 Å². The van der Waals surface area contributed by atoms with Crippen LogP contribution in [-0.2, 0) is 0 Å². The molecule has 0 aliphatic heterocycles. The smallest absolute Gasteiger partial charge is 0.130 e. The fourth-order valence-electron chi connectivity index (χ4n) is 3.26. The predicted molar refractivity (Wildman–Crippen MR) is 110 cm³/mol. The minimum atomic E-state index is 0.629. The van der Waals surface area contributed by atoms with Crippen molar-refractivity contribution in [1.29, 1.82) is 0 Å². The van der Waals surface area contributed by atoms with Gasteiger partial charge in [0.1, 0.15) is 5.82 Å². The van der Waals surface area contributed by atoms with Gasteiger partial charge in [-0.15, -0.1) is 0 Å². The second-order valence-electron chi connectivity index (χ2n) is 6.97. The number of benzene rings is 1. The Labute approximate surface area is 154 Å². The van der Waals surface area contributed by atoms with E-state index in [9.17, 15) is 0 Å². The Bertz CT molecular complexity index is 932. The molecular weight excluding hydrogens is 320 g/mol. The molecule has 1 fully saturated rings. The summed E-state index contributed by atoms with van der Waals surface area (Å²) >= 11 is 0. The summed E-state index contributed by atoms with van der Waals surface area (Å²) in [5.74, 6) is 1.51. The maximum absolute atomic E-state index is 4.56. The minimum absolute atomic E-state index is 0.629. The molecule has 2 aromatic rings. The second kappa shape index (κ2) is 7.16. The van der Waals surface area contributed by atoms with E-state index in [1.54, 1.807) is 0 Å². The first-order valence-electron chi connectivity index (χ1n) is 9.18. The normalized spacial score (nSPS) is 17.1. The van der Waals surface area contributed by atoms with Crippen molar-refractivity contribution in [2.75, 3.05) is 12.4 Å². The first-order chi connectivity index (χ1) is 12.7. The molecule has 4 rings (SSSR count). The number of nitrogens with one attached hydrogen (secondary N) is 2. The Kier molecular flexibility index (Phi) is 4.57. The zero-order valence-electron chi connectivity index (χ0n) is 15.1. The highest BCUT2D eigenvalue weighted by Gasteiger charge is 2.24. The van der Waals surface area contributed by atoms with Crippen LogP contribution in [0.2, 0.25) is 0 Å². The minimum Gasteiger partial charge on any atom is -0.344 e. The van der Waals surface area contributed by atoms with Crippen molar-refractivity contribution in [3.8, 4) is 0 Å². The van der Waals surface area contributed by atoms with Crippen molar-refractivity contribution in [3.05, 3.63) is 66.0 Å². The highest BCUT2D eigenvalue weighted by molar-refractivity contribution is 5.89. The molecule has 1 aromatic heterocycles. The molecule has 0 bridgehead atoms. The Morgan fingerprint density at radius 3 is 2.81 bits per heavy atom. The van der Waals surface area contributed by atoms with Gasteiger partial charge >= 0.3 is 0 Å². The molecule has 2 aliphatic rings. The molecule has 0 amide bonds. The Hall–Kier alpha value is -2.88. The van der Waals surface area contributed by atoms with Crippen LogP contribution in [0.5, 0.6) is 0 Å². The van der Waals surface area contributed by atoms with E-state index in [4.69, 9.17) is 0 Å². The number of anilines is 1. The molecule has 1 saturated carbocycles. The molecule has 0 spiro atoms. The van der Waals surface area contributed by atoms with Gasteiger partial charge in [0.15, 0.2) is 0 Å². The third kappa shape index (κ3) is 3.69. The van der Waals surface area contributed by atoms with Gasteiger partial charge in [-0.1, -0.05) is 30.9 Å². The van der Waals surface area contributed by atoms with Gasteiger partial charge in [-0.05, 0) is 65.8 Å². The molecule has 4 heteroatoms. The topological polar surface area (TPSA) is 49.3 Å². The summed E-state index contributed by atoms with van der Waals surface area (Å²) in [5.41, 5.74) is 7.76. The molecule has 0 radical (unpaired) electrons. The maximum Gasteiger partial charge on any atom is 0.130 e. The Morgan fingerprint density at radius 2 is 2.08 bits per heavy atom. The van der Waals surface area contributed by atoms with Crippen LogP contribution < -0.4 is 10.7 Å². The van der Waals surface area contributed by atoms with E-state index in [0.29, 0.717) is 5.92 Å². The molecule has 1 heterocycles. The quantitative estimate of drug-likeness (QED) is 0.580. The summed E-state index contributed by atoms with van der Waals surface area (Å²) in [6.07, 6.45) is 12.7. The van der Waals surface area contributed by atoms with Crippen LogP contribution in [0, 0.1) is 5.92 Å². The van der Waals surface area contributed by atoms with Gasteiger partial charge in [-0.2, -0.15) is 5.10 Å². The van der Waals surface area contributed by atoms with Crippen LogP contribution in [0.15, 0.2) is 65.6 Å². The standard InChI is InChI=1S/C22H24N4/c1-15(17-7-8-17)26-22-12-20-10-9-19(11-21(20)14-24-22)18-5-3-16(4-6-18)13-25-23-2/h3,5,9-14,17,23H,1,4,6-8H2,2H3,(H,24,26)/b25-13-. The van der Waals surface area contributed by atoms with E-state index < -0.39 is 0 Å². The number of pyridine rings is 1. The molecule has 4 nitrogen and oxygen atoms in total. The van der Waals surface area contributed by atoms with E-state index in [0.717, 1.165) is 29.7 Å². The van der Waals surface area contributed by atoms with Crippen LogP contribution in [0.3, 0.4) is 0 Å². The largest absolute Gasteiger partial charge is 0.344 e. The molecule has 1 aromatic carbocycles. The highest BCUT2D eigenvalue weighted by atomic mass is 15.3. The van der Waals surface area contributed by atoms with E-state index in [-0.39, 0.29) is 0 Å². The summed E-state index contributed by atoms with van der Waals surface area (Å²) in [5, 5.41) is 9.80. The maximum atomic E-state index is 4.56. The molecule has 26 heavy (non-hydrogen) atoms. The van der Waals surface area contributed by atoms with E-state index in [2.05, 4.69) is 63.8 Å². The van der Waals surface area contributed by atoms with Crippen LogP contribution in [0.4, 0.5) is 5.82 Å². The predicted octanol–water partition coefficient (Wildman–Crippen LogP) is 4.88. The number of allylic oxidation sites excluding steroid dienone is 5. The summed E-state index contributed by atoms with van der Waals surface area (Å²) < 4.78 is 0. The van der Waals surface area contributed by atoms with Crippen molar-refractivity contribution < 1.29 is 0 Å². The molecular formula is C22H24N4. The first kappa shape index (κ1) is 16.6. The lowest BCUT2D eigenvalue weighted by molar-refractivity contribution is 0.902. The number of fused-ring (bicyclic) bond motifs is 1. The molecule has 0 atom stereocenters. The lowest BCUT2D eigenvalue weighted by Gasteiger charge is -2.14. The van der Waals surface area contributed by atoms with Crippen LogP contribution in [0.1, 0.15) is 31.2 Å². The van der Waals surface area contributed by atoms with Crippen molar-refractivity contribution in [2.24, 2.45) is 11.0 Å². The lowest BCUT2D eigenvalue weighted by Crippen LogP contribution is -2.01. The van der Waals surface area contributed by atoms with Crippen molar-refractivity contribution in [3.63, 3.8) is 0 Å². The zero-order chi connectivity index (χ0) is 17.9. The number of hydrazone groups is 1. The summed E-state index contributed by atoms with van der Waals surface area (Å²) in [6.45, 7) is 4.11. The summed E-state index contributed by atoms with van der Waals surface area (Å²) in [4.78, 5) is 4.56. The fraction of sp³-hybridized carbons (Fsp3) is 0.273. The Balaban J connectivity index is 1.54.